The Morgan fingerprint density at radius 1 is 1.08 bits per heavy atom. The lowest BCUT2D eigenvalue weighted by Gasteiger charge is -2.50. The van der Waals surface area contributed by atoms with E-state index in [1.165, 1.54) is 33.8 Å². The van der Waals surface area contributed by atoms with Crippen molar-refractivity contribution in [1.82, 2.24) is 20.5 Å². The predicted octanol–water partition coefficient (Wildman–Crippen LogP) is 4.63. The maximum Gasteiger partial charge on any atom is 0.408 e. The first kappa shape index (κ1) is 35.0. The zero-order chi connectivity index (χ0) is 34.4. The summed E-state index contributed by atoms with van der Waals surface area (Å²) in [5.74, 6) is -0.879. The number of thiazole rings is 1. The van der Waals surface area contributed by atoms with Crippen LogP contribution in [0.15, 0.2) is 77.3 Å². The number of ether oxygens (including phenoxy) is 2. The van der Waals surface area contributed by atoms with Crippen LogP contribution in [0.1, 0.15) is 49.7 Å². The zero-order valence-electron chi connectivity index (χ0n) is 26.6. The van der Waals surface area contributed by atoms with Gasteiger partial charge in [0.1, 0.15) is 22.7 Å². The molecule has 2 aromatic carbocycles. The van der Waals surface area contributed by atoms with Gasteiger partial charge in [0.2, 0.25) is 12.3 Å². The topological polar surface area (TPSA) is 156 Å². The molecular weight excluding hydrogens is 675 g/mol. The summed E-state index contributed by atoms with van der Waals surface area (Å²) in [6.45, 7) is 5.05. The van der Waals surface area contributed by atoms with Crippen molar-refractivity contribution in [3.8, 4) is 0 Å². The Hall–Kier alpha value is -4.34. The summed E-state index contributed by atoms with van der Waals surface area (Å²) in [6, 6.07) is 16.4. The number of β-lactam (4-membered cyclic amide) rings is 1. The van der Waals surface area contributed by atoms with Gasteiger partial charge >= 0.3 is 12.1 Å². The summed E-state index contributed by atoms with van der Waals surface area (Å²) in [6.07, 6.45) is 0.787. The fourth-order valence-electron chi connectivity index (χ4n) is 5.18. The van der Waals surface area contributed by atoms with E-state index < -0.39 is 53.0 Å². The number of carbonyl (C=O) groups is 5. The van der Waals surface area contributed by atoms with Crippen molar-refractivity contribution in [3.05, 3.63) is 94.1 Å². The number of amides is 4. The molecule has 252 valence electrons. The lowest BCUT2D eigenvalue weighted by Crippen LogP contribution is -2.71. The molecule has 12 nitrogen and oxygen atoms in total. The van der Waals surface area contributed by atoms with Crippen LogP contribution in [0.2, 0.25) is 0 Å². The Labute approximate surface area is 290 Å². The summed E-state index contributed by atoms with van der Waals surface area (Å²) in [5, 5.41) is 8.83. The molecule has 48 heavy (non-hydrogen) atoms. The number of nitrogens with one attached hydrogen (secondary N) is 3. The number of esters is 1. The van der Waals surface area contributed by atoms with Crippen molar-refractivity contribution in [2.45, 2.75) is 49.9 Å². The first-order chi connectivity index (χ1) is 23.0. The number of fused-ring (bicyclic) bond motifs is 1. The summed E-state index contributed by atoms with van der Waals surface area (Å²) in [5.41, 5.74) is 1.80. The number of hydrogen-bond acceptors (Lipinski definition) is 11. The van der Waals surface area contributed by atoms with Gasteiger partial charge in [-0.2, -0.15) is 11.8 Å². The average molecular weight is 710 g/mol. The third kappa shape index (κ3) is 8.02. The molecule has 0 saturated carbocycles. The lowest BCUT2D eigenvalue weighted by atomic mass is 10.0. The third-order valence-corrected chi connectivity index (χ3v) is 9.98. The van der Waals surface area contributed by atoms with Gasteiger partial charge in [0.15, 0.2) is 17.3 Å². The Bertz CT molecular complexity index is 1650. The normalized spacial score (nSPS) is 17.9. The highest BCUT2D eigenvalue weighted by Gasteiger charge is 2.55. The van der Waals surface area contributed by atoms with Crippen LogP contribution in [-0.4, -0.2) is 74.9 Å². The van der Waals surface area contributed by atoms with Crippen molar-refractivity contribution >= 4 is 70.3 Å². The van der Waals surface area contributed by atoms with Gasteiger partial charge in [-0.3, -0.25) is 19.3 Å². The molecule has 0 aliphatic carbocycles. The van der Waals surface area contributed by atoms with Gasteiger partial charge < -0.3 is 25.4 Å². The number of aromatic nitrogens is 1. The first-order valence-corrected chi connectivity index (χ1v) is 18.2. The van der Waals surface area contributed by atoms with E-state index in [9.17, 15) is 24.0 Å². The molecule has 0 spiro atoms. The van der Waals surface area contributed by atoms with Gasteiger partial charge in [0.25, 0.3) is 5.91 Å². The standard InChI is InChI=1S/C33H35N5O7S3/c1-33(2,3)45-32(43)37-23(22-17-48-31(35-22)34-18-39)27(40)36-24-28(41)38-25(21(15-46-4)16-47-29(24)38)30(42)44-26(19-11-7-5-8-12-19)20-13-9-6-10-14-20/h5-14,17-18,23-24,26,29H,15-16H2,1-4H3,(H,36,40)(H,37,43)(H,34,35,39)/t23?,24?,29-/m0/s1. The number of anilines is 1. The molecule has 15 heteroatoms. The second kappa shape index (κ2) is 15.3. The first-order valence-electron chi connectivity index (χ1n) is 14.9. The maximum atomic E-state index is 14.0. The van der Waals surface area contributed by atoms with E-state index in [0.717, 1.165) is 28.0 Å². The van der Waals surface area contributed by atoms with E-state index in [-0.39, 0.29) is 16.5 Å². The highest BCUT2D eigenvalue weighted by molar-refractivity contribution is 8.00. The minimum Gasteiger partial charge on any atom is -0.448 e. The predicted molar refractivity (Wildman–Crippen MR) is 185 cm³/mol. The number of nitrogens with zero attached hydrogens (tertiary/aromatic N) is 2. The molecule has 2 aliphatic heterocycles. The highest BCUT2D eigenvalue weighted by atomic mass is 32.2. The number of carbonyl (C=O) groups excluding carboxylic acids is 5. The zero-order valence-corrected chi connectivity index (χ0v) is 29.1. The SMILES string of the molecule is CSCC1=C(C(=O)OC(c2ccccc2)c2ccccc2)N2C(=O)C(NC(=O)C(NC(=O)OC(C)(C)C)c3csc(NC=O)n3)[C@@H]2SC1. The molecule has 1 saturated heterocycles. The Morgan fingerprint density at radius 2 is 1.73 bits per heavy atom. The van der Waals surface area contributed by atoms with E-state index in [1.807, 2.05) is 66.9 Å². The molecule has 1 fully saturated rings. The van der Waals surface area contributed by atoms with Crippen molar-refractivity contribution in [2.75, 3.05) is 23.1 Å². The molecule has 3 heterocycles. The van der Waals surface area contributed by atoms with Crippen molar-refractivity contribution in [1.29, 1.82) is 0 Å². The molecule has 2 aliphatic rings. The molecule has 3 N–H and O–H groups in total. The smallest absolute Gasteiger partial charge is 0.408 e. The van der Waals surface area contributed by atoms with Gasteiger partial charge in [-0.15, -0.1) is 23.1 Å². The average Bonchev–Trinajstić information content (AvgIpc) is 3.53. The molecule has 3 atom stereocenters. The summed E-state index contributed by atoms with van der Waals surface area (Å²) in [7, 11) is 0. The largest absolute Gasteiger partial charge is 0.448 e. The van der Waals surface area contributed by atoms with Gasteiger partial charge in [-0.05, 0) is 43.7 Å². The number of thioether (sulfide) groups is 2. The quantitative estimate of drug-likeness (QED) is 0.138. The van der Waals surface area contributed by atoms with E-state index >= 15 is 0 Å². The summed E-state index contributed by atoms with van der Waals surface area (Å²) >= 11 is 4.01. The second-order valence-electron chi connectivity index (χ2n) is 11.8. The number of alkyl carbamates (subject to hydrolysis) is 1. The van der Waals surface area contributed by atoms with Crippen molar-refractivity contribution in [2.24, 2.45) is 0 Å². The third-order valence-electron chi connectivity index (χ3n) is 7.21. The van der Waals surface area contributed by atoms with E-state index in [2.05, 4.69) is 20.9 Å². The van der Waals surface area contributed by atoms with Crippen LogP contribution in [0.25, 0.3) is 0 Å². The fraction of sp³-hybridized carbons (Fsp3) is 0.333. The summed E-state index contributed by atoms with van der Waals surface area (Å²) < 4.78 is 11.5. The van der Waals surface area contributed by atoms with E-state index in [1.54, 1.807) is 20.8 Å². The minimum absolute atomic E-state index is 0.145. The minimum atomic E-state index is -1.33. The highest BCUT2D eigenvalue weighted by Crippen LogP contribution is 2.42. The Balaban J connectivity index is 1.37. The molecule has 4 amide bonds. The van der Waals surface area contributed by atoms with Crippen LogP contribution in [0.5, 0.6) is 0 Å². The molecule has 1 aromatic heterocycles. The van der Waals surface area contributed by atoms with Crippen LogP contribution in [0.3, 0.4) is 0 Å². The second-order valence-corrected chi connectivity index (χ2v) is 14.6. The van der Waals surface area contributed by atoms with Crippen LogP contribution in [-0.2, 0) is 28.7 Å². The number of rotatable bonds is 12. The van der Waals surface area contributed by atoms with Crippen LogP contribution in [0.4, 0.5) is 9.93 Å². The monoisotopic (exact) mass is 709 g/mol. The van der Waals surface area contributed by atoms with Crippen molar-refractivity contribution in [3.63, 3.8) is 0 Å². The van der Waals surface area contributed by atoms with Crippen molar-refractivity contribution < 1.29 is 33.4 Å². The van der Waals surface area contributed by atoms with Gasteiger partial charge in [0, 0.05) is 16.9 Å². The van der Waals surface area contributed by atoms with Gasteiger partial charge in [-0.1, -0.05) is 60.7 Å². The van der Waals surface area contributed by atoms with Gasteiger partial charge in [0.05, 0.1) is 5.69 Å². The summed E-state index contributed by atoms with van der Waals surface area (Å²) in [4.78, 5) is 70.7. The Kier molecular flexibility index (Phi) is 11.1. The van der Waals surface area contributed by atoms with Crippen LogP contribution in [0, 0.1) is 0 Å². The molecule has 5 rings (SSSR count). The number of hydrogen-bond donors (Lipinski definition) is 3. The van der Waals surface area contributed by atoms with E-state index in [4.69, 9.17) is 9.47 Å². The van der Waals surface area contributed by atoms with Gasteiger partial charge in [-0.25, -0.2) is 14.6 Å². The Morgan fingerprint density at radius 3 is 2.31 bits per heavy atom. The van der Waals surface area contributed by atoms with Crippen LogP contribution >= 0.6 is 34.9 Å². The molecule has 0 bridgehead atoms. The molecule has 0 radical (unpaired) electrons. The maximum absolute atomic E-state index is 14.0. The number of benzene rings is 2. The molecule has 2 unspecified atom stereocenters. The molecular formula is C33H35N5O7S3. The molecule has 3 aromatic rings. The van der Waals surface area contributed by atoms with Crippen LogP contribution < -0.4 is 16.0 Å². The van der Waals surface area contributed by atoms with E-state index in [0.29, 0.717) is 17.9 Å². The lowest BCUT2D eigenvalue weighted by molar-refractivity contribution is -0.154. The fourth-order valence-corrected chi connectivity index (χ4v) is 7.93.